The number of anilines is 3. The van der Waals surface area contributed by atoms with Crippen LogP contribution in [0.2, 0.25) is 0 Å². The van der Waals surface area contributed by atoms with Gasteiger partial charge in [-0.05, 0) is 67.6 Å². The molecule has 0 spiro atoms. The van der Waals surface area contributed by atoms with Crippen molar-refractivity contribution in [2.45, 2.75) is 26.2 Å². The van der Waals surface area contributed by atoms with Crippen molar-refractivity contribution in [2.75, 3.05) is 37.0 Å². The van der Waals surface area contributed by atoms with Crippen LogP contribution in [0.5, 0.6) is 5.75 Å². The molecule has 188 valence electrons. The van der Waals surface area contributed by atoms with Crippen LogP contribution >= 0.6 is 0 Å². The van der Waals surface area contributed by atoms with Gasteiger partial charge in [0, 0.05) is 42.4 Å². The summed E-state index contributed by atoms with van der Waals surface area (Å²) in [6.45, 7) is 4.94. The normalized spacial score (nSPS) is 14.4. The number of nitrogens with zero attached hydrogens (tertiary/aromatic N) is 4. The number of imidazole rings is 1. The van der Waals surface area contributed by atoms with E-state index < -0.39 is 11.6 Å². The Morgan fingerprint density at radius 1 is 1.11 bits per heavy atom. The lowest BCUT2D eigenvalue weighted by Crippen LogP contribution is -2.36. The van der Waals surface area contributed by atoms with Crippen molar-refractivity contribution in [3.05, 3.63) is 66.1 Å². The quantitative estimate of drug-likeness (QED) is 0.371. The molecular formula is C27H30F2N6O. The topological polar surface area (TPSA) is 80.7 Å². The summed E-state index contributed by atoms with van der Waals surface area (Å²) in [5, 5.41) is 3.36. The fraction of sp³-hybridized carbons (Fsp3) is 0.333. The highest BCUT2D eigenvalue weighted by atomic mass is 19.2. The number of halogens is 2. The van der Waals surface area contributed by atoms with Gasteiger partial charge in [0.15, 0.2) is 23.0 Å². The van der Waals surface area contributed by atoms with E-state index in [1.807, 2.05) is 6.07 Å². The predicted octanol–water partition coefficient (Wildman–Crippen LogP) is 5.16. The summed E-state index contributed by atoms with van der Waals surface area (Å²) in [6, 6.07) is 9.21. The molecule has 0 saturated carbocycles. The van der Waals surface area contributed by atoms with E-state index in [0.29, 0.717) is 23.1 Å². The molecule has 2 aromatic carbocycles. The molecule has 36 heavy (non-hydrogen) atoms. The van der Waals surface area contributed by atoms with Gasteiger partial charge in [-0.3, -0.25) is 4.40 Å². The van der Waals surface area contributed by atoms with Gasteiger partial charge >= 0.3 is 0 Å². The van der Waals surface area contributed by atoms with Crippen LogP contribution in [0.15, 0.2) is 48.9 Å². The number of ether oxygens (including phenoxy) is 1. The number of nitrogens with two attached hydrogens (primary N) is 1. The zero-order valence-electron chi connectivity index (χ0n) is 20.5. The van der Waals surface area contributed by atoms with E-state index >= 15 is 0 Å². The summed E-state index contributed by atoms with van der Waals surface area (Å²) in [4.78, 5) is 11.4. The highest BCUT2D eigenvalue weighted by Crippen LogP contribution is 2.33. The van der Waals surface area contributed by atoms with Gasteiger partial charge in [-0.2, -0.15) is 4.39 Å². The third kappa shape index (κ3) is 4.35. The number of methoxy groups -OCH3 is 1. The molecule has 1 aliphatic rings. The van der Waals surface area contributed by atoms with Crippen LogP contribution in [0.3, 0.4) is 0 Å². The van der Waals surface area contributed by atoms with Crippen LogP contribution in [0.4, 0.5) is 26.0 Å². The smallest absolute Gasteiger partial charge is 0.201 e. The molecule has 4 aromatic rings. The summed E-state index contributed by atoms with van der Waals surface area (Å²) in [6.07, 6.45) is 7.93. The van der Waals surface area contributed by atoms with Gasteiger partial charge in [0.25, 0.3) is 0 Å². The van der Waals surface area contributed by atoms with Gasteiger partial charge in [0.1, 0.15) is 0 Å². The van der Waals surface area contributed by atoms with Gasteiger partial charge in [0.2, 0.25) is 5.82 Å². The van der Waals surface area contributed by atoms with E-state index in [4.69, 9.17) is 10.5 Å². The van der Waals surface area contributed by atoms with Gasteiger partial charge in [-0.15, -0.1) is 0 Å². The number of aromatic nitrogens is 3. The summed E-state index contributed by atoms with van der Waals surface area (Å²) in [7, 11) is 1.30. The van der Waals surface area contributed by atoms with E-state index in [2.05, 4.69) is 39.2 Å². The number of hydrogen-bond donors (Lipinski definition) is 2. The molecule has 7 nitrogen and oxygen atoms in total. The minimum absolute atomic E-state index is 0.0916. The second-order valence-corrected chi connectivity index (χ2v) is 9.04. The summed E-state index contributed by atoms with van der Waals surface area (Å²) in [5.41, 5.74) is 10.3. The van der Waals surface area contributed by atoms with Crippen LogP contribution in [0, 0.1) is 17.6 Å². The Morgan fingerprint density at radius 3 is 2.64 bits per heavy atom. The predicted molar refractivity (Wildman–Crippen MR) is 138 cm³/mol. The molecule has 3 heterocycles. The number of piperidine rings is 1. The molecule has 0 atom stereocenters. The Morgan fingerprint density at radius 2 is 1.92 bits per heavy atom. The number of nitrogens with one attached hydrogen (secondary N) is 1. The number of rotatable bonds is 7. The summed E-state index contributed by atoms with van der Waals surface area (Å²) >= 11 is 0. The van der Waals surface area contributed by atoms with E-state index in [1.165, 1.54) is 36.7 Å². The average molecular weight is 493 g/mol. The van der Waals surface area contributed by atoms with Gasteiger partial charge in [-0.1, -0.05) is 6.92 Å². The molecular weight excluding hydrogens is 462 g/mol. The highest BCUT2D eigenvalue weighted by Gasteiger charge is 2.21. The summed E-state index contributed by atoms with van der Waals surface area (Å²) in [5.74, 6) is -1.02. The minimum atomic E-state index is -1.03. The van der Waals surface area contributed by atoms with E-state index in [1.54, 1.807) is 16.8 Å². The zero-order valence-corrected chi connectivity index (χ0v) is 20.5. The number of hydrogen-bond acceptors (Lipinski definition) is 6. The van der Waals surface area contributed by atoms with E-state index in [0.717, 1.165) is 44.6 Å². The van der Waals surface area contributed by atoms with Crippen LogP contribution in [0.1, 0.15) is 25.3 Å². The first kappa shape index (κ1) is 24.0. The molecule has 1 fully saturated rings. The minimum Gasteiger partial charge on any atom is -0.494 e. The molecule has 0 unspecified atom stereocenters. The number of benzene rings is 2. The maximum Gasteiger partial charge on any atom is 0.201 e. The molecule has 1 aliphatic heterocycles. The first-order chi connectivity index (χ1) is 17.5. The maximum absolute atomic E-state index is 14.8. The molecule has 0 amide bonds. The average Bonchev–Trinajstić information content (AvgIpc) is 3.35. The SMILES string of the molecule is CCc1cc(Nc2nccn3c(-c4ccc(OC)c(F)c4F)cnc23)ccc1N1CCC(CN)CC1. The Kier molecular flexibility index (Phi) is 6.73. The van der Waals surface area contributed by atoms with Crippen molar-refractivity contribution >= 4 is 22.8 Å². The highest BCUT2D eigenvalue weighted by molar-refractivity contribution is 5.75. The molecule has 5 rings (SSSR count). The Bertz CT molecular complexity index is 1380. The molecule has 0 radical (unpaired) electrons. The molecule has 1 saturated heterocycles. The lowest BCUT2D eigenvalue weighted by Gasteiger charge is -2.34. The van der Waals surface area contributed by atoms with E-state index in [-0.39, 0.29) is 11.3 Å². The van der Waals surface area contributed by atoms with Crippen molar-refractivity contribution in [1.82, 2.24) is 14.4 Å². The van der Waals surface area contributed by atoms with Gasteiger partial charge in [-0.25, -0.2) is 14.4 Å². The van der Waals surface area contributed by atoms with Gasteiger partial charge in [0.05, 0.1) is 19.0 Å². The molecule has 2 aromatic heterocycles. The lowest BCUT2D eigenvalue weighted by atomic mass is 9.96. The molecule has 0 bridgehead atoms. The molecule has 3 N–H and O–H groups in total. The van der Waals surface area contributed by atoms with Crippen molar-refractivity contribution in [2.24, 2.45) is 11.7 Å². The second kappa shape index (κ2) is 10.1. The fourth-order valence-corrected chi connectivity index (χ4v) is 4.90. The van der Waals surface area contributed by atoms with Crippen LogP contribution in [0.25, 0.3) is 16.9 Å². The maximum atomic E-state index is 14.8. The first-order valence-corrected chi connectivity index (χ1v) is 12.2. The first-order valence-electron chi connectivity index (χ1n) is 12.2. The number of aryl methyl sites for hydroxylation is 1. The van der Waals surface area contributed by atoms with E-state index in [9.17, 15) is 8.78 Å². The van der Waals surface area contributed by atoms with Crippen LogP contribution < -0.4 is 20.7 Å². The van der Waals surface area contributed by atoms with Crippen molar-refractivity contribution < 1.29 is 13.5 Å². The van der Waals surface area contributed by atoms with Gasteiger partial charge < -0.3 is 20.7 Å². The largest absolute Gasteiger partial charge is 0.494 e. The van der Waals surface area contributed by atoms with Crippen molar-refractivity contribution in [3.8, 4) is 17.0 Å². The molecule has 9 heteroatoms. The van der Waals surface area contributed by atoms with Crippen LogP contribution in [-0.4, -0.2) is 41.1 Å². The van der Waals surface area contributed by atoms with Crippen molar-refractivity contribution in [1.29, 1.82) is 0 Å². The van der Waals surface area contributed by atoms with Crippen molar-refractivity contribution in [3.63, 3.8) is 0 Å². The zero-order chi connectivity index (χ0) is 25.2. The third-order valence-electron chi connectivity index (χ3n) is 6.98. The Balaban J connectivity index is 1.44. The van der Waals surface area contributed by atoms with Crippen LogP contribution in [-0.2, 0) is 6.42 Å². The second-order valence-electron chi connectivity index (χ2n) is 9.04. The lowest BCUT2D eigenvalue weighted by molar-refractivity contribution is 0.372. The third-order valence-corrected chi connectivity index (χ3v) is 6.98. The fourth-order valence-electron chi connectivity index (χ4n) is 4.90. The number of fused-ring (bicyclic) bond motifs is 1. The molecule has 0 aliphatic carbocycles. The summed E-state index contributed by atoms with van der Waals surface area (Å²) < 4.78 is 35.7. The Hall–Kier alpha value is -3.72. The standard InChI is InChI=1S/C27H30F2N6O/c1-3-18-14-19(4-6-21(18)34-11-8-17(15-30)9-12-34)33-26-27-32-16-22(35(27)13-10-31-26)20-5-7-23(36-2)25(29)24(20)28/h4-7,10,13-14,16-17H,3,8-9,11-12,15,30H2,1-2H3,(H,31,33). The Labute approximate surface area is 208 Å². The monoisotopic (exact) mass is 492 g/mol.